The zero-order valence-electron chi connectivity index (χ0n) is 10.6. The van der Waals surface area contributed by atoms with Gasteiger partial charge in [0.25, 0.3) is 5.69 Å². The summed E-state index contributed by atoms with van der Waals surface area (Å²) in [5.41, 5.74) is 5.89. The van der Waals surface area contributed by atoms with Gasteiger partial charge in [-0.05, 0) is 6.92 Å². The van der Waals surface area contributed by atoms with E-state index < -0.39 is 4.92 Å². The molecular formula is C11H17N3O4. The third kappa shape index (κ3) is 3.24. The van der Waals surface area contributed by atoms with Gasteiger partial charge in [-0.25, -0.2) is 0 Å². The number of nitrogens with zero attached hydrogens (tertiary/aromatic N) is 1. The highest BCUT2D eigenvalue weighted by atomic mass is 16.6. The number of rotatable bonds is 6. The lowest BCUT2D eigenvalue weighted by atomic mass is 10.2. The topological polar surface area (TPSA) is 99.7 Å². The number of hydrogen-bond acceptors (Lipinski definition) is 6. The molecule has 0 saturated carbocycles. The van der Waals surface area contributed by atoms with Gasteiger partial charge in [-0.1, -0.05) is 0 Å². The lowest BCUT2D eigenvalue weighted by Crippen LogP contribution is -2.25. The van der Waals surface area contributed by atoms with Crippen molar-refractivity contribution < 1.29 is 14.4 Å². The molecule has 7 heteroatoms. The third-order valence-corrected chi connectivity index (χ3v) is 2.31. The summed E-state index contributed by atoms with van der Waals surface area (Å²) in [5, 5.41) is 13.9. The number of nitro benzene ring substituents is 1. The van der Waals surface area contributed by atoms with E-state index in [1.807, 2.05) is 0 Å². The maximum atomic E-state index is 11.0. The molecule has 0 saturated heterocycles. The van der Waals surface area contributed by atoms with Crippen molar-refractivity contribution in [3.05, 3.63) is 22.2 Å². The van der Waals surface area contributed by atoms with Crippen LogP contribution in [0.2, 0.25) is 0 Å². The highest BCUT2D eigenvalue weighted by Crippen LogP contribution is 2.37. The van der Waals surface area contributed by atoms with Crippen molar-refractivity contribution >= 4 is 11.4 Å². The first-order chi connectivity index (χ1) is 8.49. The number of nitrogens with two attached hydrogens (primary N) is 1. The van der Waals surface area contributed by atoms with E-state index in [1.165, 1.54) is 26.4 Å². The molecule has 3 N–H and O–H groups in total. The van der Waals surface area contributed by atoms with Gasteiger partial charge in [0, 0.05) is 18.7 Å². The van der Waals surface area contributed by atoms with Gasteiger partial charge in [-0.3, -0.25) is 10.1 Å². The number of ether oxygens (including phenoxy) is 2. The van der Waals surface area contributed by atoms with Crippen LogP contribution in [-0.2, 0) is 0 Å². The van der Waals surface area contributed by atoms with Crippen LogP contribution in [-0.4, -0.2) is 31.7 Å². The van der Waals surface area contributed by atoms with Gasteiger partial charge in [0.1, 0.15) is 5.69 Å². The van der Waals surface area contributed by atoms with Crippen LogP contribution in [0.1, 0.15) is 6.92 Å². The highest BCUT2D eigenvalue weighted by molar-refractivity contribution is 5.68. The SMILES string of the molecule is COc1cc(NCC(C)N)c([N+](=O)[O-])cc1OC. The molecule has 0 aliphatic carbocycles. The van der Waals surface area contributed by atoms with Crippen LogP contribution in [0.3, 0.4) is 0 Å². The van der Waals surface area contributed by atoms with Crippen molar-refractivity contribution in [2.24, 2.45) is 5.73 Å². The molecule has 0 aromatic heterocycles. The quantitative estimate of drug-likeness (QED) is 0.588. The van der Waals surface area contributed by atoms with Crippen molar-refractivity contribution in [3.63, 3.8) is 0 Å². The lowest BCUT2D eigenvalue weighted by molar-refractivity contribution is -0.384. The molecule has 1 aromatic carbocycles. The molecule has 0 radical (unpaired) electrons. The van der Waals surface area contributed by atoms with Crippen molar-refractivity contribution in [2.45, 2.75) is 13.0 Å². The van der Waals surface area contributed by atoms with E-state index in [0.717, 1.165) is 0 Å². The molecule has 100 valence electrons. The van der Waals surface area contributed by atoms with Gasteiger partial charge >= 0.3 is 0 Å². The summed E-state index contributed by atoms with van der Waals surface area (Å²) < 4.78 is 10.1. The van der Waals surface area contributed by atoms with Gasteiger partial charge in [0.15, 0.2) is 11.5 Å². The summed E-state index contributed by atoms with van der Waals surface area (Å²) in [4.78, 5) is 10.5. The largest absolute Gasteiger partial charge is 0.493 e. The predicted molar refractivity (Wildman–Crippen MR) is 68.3 cm³/mol. The molecule has 1 aromatic rings. The molecule has 7 nitrogen and oxygen atoms in total. The Hall–Kier alpha value is -2.02. The van der Waals surface area contributed by atoms with E-state index in [4.69, 9.17) is 15.2 Å². The van der Waals surface area contributed by atoms with Crippen molar-refractivity contribution in [1.29, 1.82) is 0 Å². The van der Waals surface area contributed by atoms with Crippen LogP contribution in [0.25, 0.3) is 0 Å². The van der Waals surface area contributed by atoms with Crippen molar-refractivity contribution in [1.82, 2.24) is 0 Å². The Kier molecular flexibility index (Phi) is 4.73. The Morgan fingerprint density at radius 3 is 2.39 bits per heavy atom. The van der Waals surface area contributed by atoms with Gasteiger partial charge in [0.05, 0.1) is 25.2 Å². The lowest BCUT2D eigenvalue weighted by Gasteiger charge is -2.13. The number of nitrogens with one attached hydrogen (secondary N) is 1. The Bertz CT molecular complexity index is 435. The Balaban J connectivity index is 3.16. The van der Waals surface area contributed by atoms with E-state index in [1.54, 1.807) is 6.92 Å². The monoisotopic (exact) mass is 255 g/mol. The molecule has 0 fully saturated rings. The van der Waals surface area contributed by atoms with E-state index in [-0.39, 0.29) is 11.7 Å². The van der Waals surface area contributed by atoms with E-state index in [2.05, 4.69) is 5.32 Å². The highest BCUT2D eigenvalue weighted by Gasteiger charge is 2.19. The van der Waals surface area contributed by atoms with E-state index in [9.17, 15) is 10.1 Å². The molecule has 1 rings (SSSR count). The number of nitro groups is 1. The summed E-state index contributed by atoms with van der Waals surface area (Å²) >= 11 is 0. The second kappa shape index (κ2) is 6.06. The molecule has 1 atom stereocenters. The molecule has 0 bridgehead atoms. The summed E-state index contributed by atoms with van der Waals surface area (Å²) in [6, 6.07) is 2.74. The van der Waals surface area contributed by atoms with Gasteiger partial charge in [-0.2, -0.15) is 0 Å². The number of benzene rings is 1. The molecule has 18 heavy (non-hydrogen) atoms. The zero-order valence-corrected chi connectivity index (χ0v) is 10.6. The minimum Gasteiger partial charge on any atom is -0.493 e. The Morgan fingerprint density at radius 2 is 1.94 bits per heavy atom. The predicted octanol–water partition coefficient (Wildman–Crippen LogP) is 1.37. The van der Waals surface area contributed by atoms with Crippen LogP contribution in [0.4, 0.5) is 11.4 Å². The smallest absolute Gasteiger partial charge is 0.296 e. The first-order valence-electron chi connectivity index (χ1n) is 5.39. The third-order valence-electron chi connectivity index (χ3n) is 2.31. The molecule has 0 aliphatic rings. The average molecular weight is 255 g/mol. The molecule has 0 aliphatic heterocycles. The number of hydrogen-bond donors (Lipinski definition) is 2. The molecule has 1 unspecified atom stereocenters. The maximum Gasteiger partial charge on any atom is 0.296 e. The van der Waals surface area contributed by atoms with Crippen LogP contribution in [0.5, 0.6) is 11.5 Å². The van der Waals surface area contributed by atoms with Crippen LogP contribution in [0.15, 0.2) is 12.1 Å². The van der Waals surface area contributed by atoms with Crippen molar-refractivity contribution in [2.75, 3.05) is 26.1 Å². The molecule has 0 heterocycles. The van der Waals surface area contributed by atoms with Crippen molar-refractivity contribution in [3.8, 4) is 11.5 Å². The fourth-order valence-corrected chi connectivity index (χ4v) is 1.43. The zero-order chi connectivity index (χ0) is 13.7. The molecular weight excluding hydrogens is 238 g/mol. The summed E-state index contributed by atoms with van der Waals surface area (Å²) in [7, 11) is 2.90. The van der Waals surface area contributed by atoms with Crippen LogP contribution < -0.4 is 20.5 Å². The van der Waals surface area contributed by atoms with Gasteiger partial charge in [-0.15, -0.1) is 0 Å². The summed E-state index contributed by atoms with van der Waals surface area (Å²) in [5.74, 6) is 0.742. The molecule has 0 amide bonds. The first kappa shape index (κ1) is 14.0. The first-order valence-corrected chi connectivity index (χ1v) is 5.39. The number of methoxy groups -OCH3 is 2. The minimum absolute atomic E-state index is 0.0756. The number of anilines is 1. The molecule has 0 spiro atoms. The minimum atomic E-state index is -0.481. The summed E-state index contributed by atoms with van der Waals surface area (Å²) in [6.07, 6.45) is 0. The van der Waals surface area contributed by atoms with Crippen LogP contribution in [0, 0.1) is 10.1 Å². The second-order valence-electron chi connectivity index (χ2n) is 3.84. The standard InChI is InChI=1S/C11H17N3O4/c1-7(12)6-13-8-4-10(17-2)11(18-3)5-9(8)14(15)16/h4-5,7,13H,6,12H2,1-3H3. The van der Waals surface area contributed by atoms with E-state index >= 15 is 0 Å². The normalized spacial score (nSPS) is 11.8. The Morgan fingerprint density at radius 1 is 1.39 bits per heavy atom. The maximum absolute atomic E-state index is 11.0. The fraction of sp³-hybridized carbons (Fsp3) is 0.455. The Labute approximate surface area is 105 Å². The summed E-state index contributed by atoms with van der Waals surface area (Å²) in [6.45, 7) is 2.23. The van der Waals surface area contributed by atoms with E-state index in [0.29, 0.717) is 23.7 Å². The second-order valence-corrected chi connectivity index (χ2v) is 3.84. The van der Waals surface area contributed by atoms with Crippen LogP contribution >= 0.6 is 0 Å². The van der Waals surface area contributed by atoms with Gasteiger partial charge in [0.2, 0.25) is 0 Å². The average Bonchev–Trinajstić information content (AvgIpc) is 2.34. The van der Waals surface area contributed by atoms with Gasteiger partial charge < -0.3 is 20.5 Å². The fourth-order valence-electron chi connectivity index (χ4n) is 1.43.